The number of carboxylic acid groups (broad SMARTS) is 1. The molecule has 0 aromatic carbocycles. The van der Waals surface area contributed by atoms with Gasteiger partial charge in [0.05, 0.1) is 11.3 Å². The van der Waals surface area contributed by atoms with Crippen LogP contribution < -0.4 is 0 Å². The van der Waals surface area contributed by atoms with Gasteiger partial charge in [0.1, 0.15) is 0 Å². The molecule has 1 heterocycles. The third-order valence-corrected chi connectivity index (χ3v) is 5.94. The number of carbonyl (C=O) groups is 1. The summed E-state index contributed by atoms with van der Waals surface area (Å²) in [4.78, 5) is 11.1. The van der Waals surface area contributed by atoms with Crippen molar-refractivity contribution in [2.24, 2.45) is 5.41 Å². The van der Waals surface area contributed by atoms with Crippen LogP contribution in [0, 0.1) is 5.41 Å². The summed E-state index contributed by atoms with van der Waals surface area (Å²) in [5, 5.41) is 10.7. The van der Waals surface area contributed by atoms with Crippen LogP contribution in [-0.4, -0.2) is 11.1 Å². The lowest BCUT2D eigenvalue weighted by Gasteiger charge is -2.38. The molecule has 1 aliphatic carbocycles. The van der Waals surface area contributed by atoms with Crippen LogP contribution in [0.3, 0.4) is 0 Å². The van der Waals surface area contributed by atoms with E-state index < -0.39 is 17.3 Å². The maximum Gasteiger partial charge on any atom is 0.303 e. The van der Waals surface area contributed by atoms with Gasteiger partial charge in [-0.3, -0.25) is 4.79 Å². The molecule has 1 aromatic rings. The van der Waals surface area contributed by atoms with Gasteiger partial charge in [0.25, 0.3) is 5.92 Å². The van der Waals surface area contributed by atoms with E-state index in [0.717, 1.165) is 30.6 Å². The Labute approximate surface area is 129 Å². The quantitative estimate of drug-likeness (QED) is 0.755. The number of carboxylic acids is 1. The second kappa shape index (κ2) is 6.10. The molecule has 1 N–H and O–H groups in total. The van der Waals surface area contributed by atoms with Crippen molar-refractivity contribution in [3.8, 4) is 0 Å². The van der Waals surface area contributed by atoms with Gasteiger partial charge < -0.3 is 5.11 Å². The molecule has 20 heavy (non-hydrogen) atoms. The predicted molar refractivity (Wildman–Crippen MR) is 78.3 cm³/mol. The minimum absolute atomic E-state index is 0.00726. The average Bonchev–Trinajstić information content (AvgIpc) is 2.75. The first-order valence-corrected chi connectivity index (χ1v) is 8.35. The van der Waals surface area contributed by atoms with Gasteiger partial charge in [-0.1, -0.05) is 19.3 Å². The normalized spacial score (nSPS) is 18.9. The molecule has 0 amide bonds. The van der Waals surface area contributed by atoms with Crippen LogP contribution in [0.15, 0.2) is 15.9 Å². The van der Waals surface area contributed by atoms with E-state index in [0.29, 0.717) is 17.3 Å². The Bertz CT molecular complexity index is 481. The molecule has 1 fully saturated rings. The maximum absolute atomic E-state index is 14.5. The Balaban J connectivity index is 2.22. The van der Waals surface area contributed by atoms with Crippen LogP contribution in [0.1, 0.15) is 49.8 Å². The van der Waals surface area contributed by atoms with Crippen LogP contribution >= 0.6 is 27.3 Å². The van der Waals surface area contributed by atoms with Gasteiger partial charge in [0.2, 0.25) is 0 Å². The van der Waals surface area contributed by atoms with Crippen molar-refractivity contribution < 1.29 is 18.7 Å². The number of alkyl halides is 2. The summed E-state index contributed by atoms with van der Waals surface area (Å²) in [7, 11) is 0. The fourth-order valence-corrected chi connectivity index (χ4v) is 4.79. The van der Waals surface area contributed by atoms with E-state index in [-0.39, 0.29) is 17.7 Å². The highest BCUT2D eigenvalue weighted by Crippen LogP contribution is 2.51. The van der Waals surface area contributed by atoms with Gasteiger partial charge in [-0.05, 0) is 45.6 Å². The zero-order valence-electron chi connectivity index (χ0n) is 11.0. The fraction of sp³-hybridized carbons (Fsp3) is 0.643. The lowest BCUT2D eigenvalue weighted by molar-refractivity contribution is -0.143. The Kier molecular flexibility index (Phi) is 4.84. The zero-order chi connectivity index (χ0) is 14.8. The molecule has 0 saturated heterocycles. The van der Waals surface area contributed by atoms with Gasteiger partial charge in [-0.15, -0.1) is 11.3 Å². The molecule has 0 aliphatic heterocycles. The van der Waals surface area contributed by atoms with Crippen molar-refractivity contribution in [3.05, 3.63) is 20.8 Å². The smallest absolute Gasteiger partial charge is 0.303 e. The van der Waals surface area contributed by atoms with E-state index in [2.05, 4.69) is 15.9 Å². The van der Waals surface area contributed by atoms with Gasteiger partial charge in [0, 0.05) is 10.9 Å². The topological polar surface area (TPSA) is 37.3 Å². The van der Waals surface area contributed by atoms with E-state index in [4.69, 9.17) is 5.11 Å². The number of halogens is 3. The fourth-order valence-electron chi connectivity index (χ4n) is 3.14. The Hall–Kier alpha value is -0.490. The first kappa shape index (κ1) is 15.9. The molecular weight excluding hydrogens is 350 g/mol. The number of aliphatic carboxylic acids is 1. The highest BCUT2D eigenvalue weighted by atomic mass is 79.9. The van der Waals surface area contributed by atoms with Crippen molar-refractivity contribution in [2.45, 2.75) is 50.9 Å². The number of rotatable bonds is 5. The first-order valence-electron chi connectivity index (χ1n) is 6.68. The molecule has 2 rings (SSSR count). The van der Waals surface area contributed by atoms with Crippen LogP contribution in [-0.2, 0) is 10.7 Å². The minimum atomic E-state index is -2.97. The molecule has 2 nitrogen and oxygen atoms in total. The number of thiophene rings is 1. The predicted octanol–water partition coefficient (Wildman–Crippen LogP) is 5.42. The van der Waals surface area contributed by atoms with Crippen LogP contribution in [0.25, 0.3) is 0 Å². The van der Waals surface area contributed by atoms with Gasteiger partial charge in [-0.2, -0.15) is 0 Å². The highest BCUT2D eigenvalue weighted by molar-refractivity contribution is 9.10. The van der Waals surface area contributed by atoms with Crippen molar-refractivity contribution in [1.29, 1.82) is 0 Å². The van der Waals surface area contributed by atoms with Crippen molar-refractivity contribution in [1.82, 2.24) is 0 Å². The molecule has 6 heteroatoms. The summed E-state index contributed by atoms with van der Waals surface area (Å²) >= 11 is 4.17. The minimum Gasteiger partial charge on any atom is -0.481 e. The largest absolute Gasteiger partial charge is 0.481 e. The van der Waals surface area contributed by atoms with Crippen LogP contribution in [0.5, 0.6) is 0 Å². The van der Waals surface area contributed by atoms with E-state index in [1.54, 1.807) is 11.4 Å². The second-order valence-corrected chi connectivity index (χ2v) is 7.38. The molecule has 0 unspecified atom stereocenters. The lowest BCUT2D eigenvalue weighted by atomic mass is 9.68. The summed E-state index contributed by atoms with van der Waals surface area (Å²) in [6.07, 6.45) is 3.33. The molecule has 1 aliphatic rings. The Morgan fingerprint density at radius 1 is 1.40 bits per heavy atom. The van der Waals surface area contributed by atoms with Crippen molar-refractivity contribution in [2.75, 3.05) is 0 Å². The van der Waals surface area contributed by atoms with E-state index in [1.165, 1.54) is 0 Å². The number of hydrogen-bond acceptors (Lipinski definition) is 2. The molecule has 112 valence electrons. The molecule has 0 spiro atoms. The van der Waals surface area contributed by atoms with E-state index >= 15 is 0 Å². The molecular formula is C14H17BrF2O2S. The van der Waals surface area contributed by atoms with Gasteiger partial charge in [-0.25, -0.2) is 8.78 Å². The van der Waals surface area contributed by atoms with E-state index in [1.807, 2.05) is 0 Å². The van der Waals surface area contributed by atoms with Crippen LogP contribution in [0.4, 0.5) is 8.78 Å². The summed E-state index contributed by atoms with van der Waals surface area (Å²) in [6.45, 7) is 0. The zero-order valence-corrected chi connectivity index (χ0v) is 13.4. The third kappa shape index (κ3) is 3.58. The molecule has 0 bridgehead atoms. The standard InChI is InChI=1S/C14H17BrF2O2S/c15-10-4-7-20-12(10)14(16,17)9-13(8-11(18)19)5-2-1-3-6-13/h4,7H,1-3,5-6,8-9H2,(H,18,19). The molecule has 1 saturated carbocycles. The summed E-state index contributed by atoms with van der Waals surface area (Å²) < 4.78 is 29.4. The van der Waals surface area contributed by atoms with E-state index in [9.17, 15) is 13.6 Å². The first-order chi connectivity index (χ1) is 9.35. The third-order valence-electron chi connectivity index (χ3n) is 3.99. The average molecular weight is 367 g/mol. The Morgan fingerprint density at radius 2 is 2.05 bits per heavy atom. The van der Waals surface area contributed by atoms with Crippen molar-refractivity contribution in [3.63, 3.8) is 0 Å². The number of hydrogen-bond donors (Lipinski definition) is 1. The van der Waals surface area contributed by atoms with Crippen molar-refractivity contribution >= 4 is 33.2 Å². The van der Waals surface area contributed by atoms with Crippen LogP contribution in [0.2, 0.25) is 0 Å². The maximum atomic E-state index is 14.5. The monoisotopic (exact) mass is 366 g/mol. The lowest BCUT2D eigenvalue weighted by Crippen LogP contribution is -2.33. The molecule has 1 aromatic heterocycles. The summed E-state index contributed by atoms with van der Waals surface area (Å²) in [5.41, 5.74) is -0.767. The van der Waals surface area contributed by atoms with Gasteiger partial charge >= 0.3 is 5.97 Å². The summed E-state index contributed by atoms with van der Waals surface area (Å²) in [6, 6.07) is 1.61. The Morgan fingerprint density at radius 3 is 2.55 bits per heavy atom. The molecule has 0 radical (unpaired) electrons. The van der Waals surface area contributed by atoms with Gasteiger partial charge in [0.15, 0.2) is 0 Å². The second-order valence-electron chi connectivity index (χ2n) is 5.61. The molecule has 0 atom stereocenters. The highest BCUT2D eigenvalue weighted by Gasteiger charge is 2.46. The summed E-state index contributed by atoms with van der Waals surface area (Å²) in [5.74, 6) is -3.95. The SMILES string of the molecule is O=C(O)CC1(CC(F)(F)c2sccc2Br)CCCCC1.